The lowest BCUT2D eigenvalue weighted by Crippen LogP contribution is -2.33. The van der Waals surface area contributed by atoms with E-state index in [1.807, 2.05) is 18.5 Å². The molecular formula is C14H20N4. The van der Waals surface area contributed by atoms with Gasteiger partial charge in [-0.05, 0) is 44.5 Å². The van der Waals surface area contributed by atoms with Crippen LogP contribution in [0.5, 0.6) is 0 Å². The summed E-state index contributed by atoms with van der Waals surface area (Å²) in [4.78, 5) is 6.75. The van der Waals surface area contributed by atoms with Gasteiger partial charge in [0.2, 0.25) is 0 Å². The summed E-state index contributed by atoms with van der Waals surface area (Å²) in [6.07, 6.45) is 7.63. The van der Waals surface area contributed by atoms with E-state index in [0.717, 1.165) is 18.7 Å². The summed E-state index contributed by atoms with van der Waals surface area (Å²) in [5.74, 6) is 1.23. The lowest BCUT2D eigenvalue weighted by atomic mass is 10.1. The monoisotopic (exact) mass is 244 g/mol. The zero-order valence-corrected chi connectivity index (χ0v) is 10.8. The van der Waals surface area contributed by atoms with Gasteiger partial charge in [0.1, 0.15) is 11.5 Å². The number of aromatic nitrogens is 2. The Bertz CT molecular complexity index is 511. The number of hydrogen-bond acceptors (Lipinski definition) is 3. The maximum absolute atomic E-state index is 4.35. The molecule has 0 spiro atoms. The molecule has 2 aromatic rings. The van der Waals surface area contributed by atoms with Crippen molar-refractivity contribution in [1.82, 2.24) is 14.7 Å². The average molecular weight is 244 g/mol. The van der Waals surface area contributed by atoms with Crippen LogP contribution in [-0.4, -0.2) is 35.6 Å². The summed E-state index contributed by atoms with van der Waals surface area (Å²) >= 11 is 0. The van der Waals surface area contributed by atoms with Crippen molar-refractivity contribution >= 4 is 11.5 Å². The molecule has 4 heteroatoms. The fourth-order valence-corrected chi connectivity index (χ4v) is 2.80. The molecule has 2 aromatic heterocycles. The molecule has 1 atom stereocenters. The molecule has 1 fully saturated rings. The van der Waals surface area contributed by atoms with Crippen LogP contribution in [0.2, 0.25) is 0 Å². The maximum atomic E-state index is 4.35. The van der Waals surface area contributed by atoms with Gasteiger partial charge < -0.3 is 10.2 Å². The molecule has 96 valence electrons. The van der Waals surface area contributed by atoms with Gasteiger partial charge >= 0.3 is 0 Å². The Kier molecular flexibility index (Phi) is 3.19. The Balaban J connectivity index is 1.90. The van der Waals surface area contributed by atoms with Crippen molar-refractivity contribution in [3.8, 4) is 0 Å². The van der Waals surface area contributed by atoms with Gasteiger partial charge in [0.05, 0.1) is 0 Å². The molecule has 0 aromatic carbocycles. The third-order valence-corrected chi connectivity index (χ3v) is 3.86. The molecule has 1 aliphatic rings. The van der Waals surface area contributed by atoms with E-state index >= 15 is 0 Å². The van der Waals surface area contributed by atoms with Crippen molar-refractivity contribution < 1.29 is 0 Å². The first kappa shape index (κ1) is 11.5. The highest BCUT2D eigenvalue weighted by Gasteiger charge is 2.18. The predicted molar refractivity (Wildman–Crippen MR) is 74.1 cm³/mol. The molecule has 1 N–H and O–H groups in total. The van der Waals surface area contributed by atoms with Crippen molar-refractivity contribution in [3.05, 3.63) is 30.6 Å². The first-order chi connectivity index (χ1) is 8.86. The highest BCUT2D eigenvalue weighted by molar-refractivity contribution is 5.51. The largest absolute Gasteiger partial charge is 0.358 e. The van der Waals surface area contributed by atoms with Crippen LogP contribution in [0.4, 0.5) is 5.82 Å². The van der Waals surface area contributed by atoms with Crippen molar-refractivity contribution in [2.24, 2.45) is 0 Å². The van der Waals surface area contributed by atoms with Crippen molar-refractivity contribution in [3.63, 3.8) is 0 Å². The van der Waals surface area contributed by atoms with Crippen LogP contribution in [0.25, 0.3) is 5.65 Å². The number of anilines is 1. The minimum absolute atomic E-state index is 0.619. The summed E-state index contributed by atoms with van der Waals surface area (Å²) in [6.45, 7) is 2.27. The molecule has 0 amide bonds. The van der Waals surface area contributed by atoms with Crippen LogP contribution >= 0.6 is 0 Å². The fourth-order valence-electron chi connectivity index (χ4n) is 2.80. The Morgan fingerprint density at radius 1 is 1.33 bits per heavy atom. The summed E-state index contributed by atoms with van der Waals surface area (Å²) in [5, 5.41) is 3.47. The van der Waals surface area contributed by atoms with E-state index < -0.39 is 0 Å². The third kappa shape index (κ3) is 2.08. The van der Waals surface area contributed by atoms with Crippen molar-refractivity contribution in [1.29, 1.82) is 0 Å². The van der Waals surface area contributed by atoms with Crippen LogP contribution in [0, 0.1) is 0 Å². The zero-order chi connectivity index (χ0) is 12.4. The van der Waals surface area contributed by atoms with Gasteiger partial charge in [0.25, 0.3) is 0 Å². The normalized spacial score (nSPS) is 20.8. The maximum Gasteiger partial charge on any atom is 0.138 e. The van der Waals surface area contributed by atoms with Gasteiger partial charge in [0.15, 0.2) is 0 Å². The number of nitrogens with one attached hydrogen (secondary N) is 1. The quantitative estimate of drug-likeness (QED) is 0.876. The van der Waals surface area contributed by atoms with Gasteiger partial charge in [-0.2, -0.15) is 0 Å². The molecule has 3 heterocycles. The molecule has 0 saturated carbocycles. The van der Waals surface area contributed by atoms with E-state index in [0.29, 0.717) is 6.04 Å². The number of nitrogens with zero attached hydrogens (tertiary/aromatic N) is 3. The first-order valence-corrected chi connectivity index (χ1v) is 6.72. The molecule has 1 saturated heterocycles. The Hall–Kier alpha value is -1.55. The van der Waals surface area contributed by atoms with Crippen LogP contribution in [0.1, 0.15) is 19.3 Å². The van der Waals surface area contributed by atoms with Crippen molar-refractivity contribution in [2.45, 2.75) is 25.3 Å². The van der Waals surface area contributed by atoms with E-state index in [2.05, 4.69) is 38.8 Å². The highest BCUT2D eigenvalue weighted by Crippen LogP contribution is 2.21. The van der Waals surface area contributed by atoms with Gasteiger partial charge in [0, 0.05) is 25.5 Å². The first-order valence-electron chi connectivity index (χ1n) is 6.72. The van der Waals surface area contributed by atoms with Gasteiger partial charge in [-0.15, -0.1) is 0 Å². The Labute approximate surface area is 108 Å². The minimum Gasteiger partial charge on any atom is -0.358 e. The molecule has 18 heavy (non-hydrogen) atoms. The van der Waals surface area contributed by atoms with Gasteiger partial charge in [-0.25, -0.2) is 4.98 Å². The lowest BCUT2D eigenvalue weighted by molar-refractivity contribution is 0.561. The zero-order valence-electron chi connectivity index (χ0n) is 10.8. The highest BCUT2D eigenvalue weighted by atomic mass is 15.2. The number of hydrogen-bond donors (Lipinski definition) is 1. The van der Waals surface area contributed by atoms with E-state index in [4.69, 9.17) is 0 Å². The Morgan fingerprint density at radius 2 is 2.28 bits per heavy atom. The number of imidazole rings is 1. The average Bonchev–Trinajstić information content (AvgIpc) is 2.71. The fraction of sp³-hybridized carbons (Fsp3) is 0.500. The minimum atomic E-state index is 0.619. The molecule has 4 nitrogen and oxygen atoms in total. The lowest BCUT2D eigenvalue weighted by Gasteiger charge is -2.29. The number of rotatable bonds is 2. The number of fused-ring (bicyclic) bond motifs is 1. The van der Waals surface area contributed by atoms with E-state index in [1.54, 1.807) is 0 Å². The van der Waals surface area contributed by atoms with Crippen LogP contribution in [0.15, 0.2) is 30.6 Å². The Morgan fingerprint density at radius 3 is 3.22 bits per heavy atom. The SMILES string of the molecule is CN(c1cccc2nccn12)C1CCCNCC1. The predicted octanol–water partition coefficient (Wildman–Crippen LogP) is 1.91. The third-order valence-electron chi connectivity index (χ3n) is 3.86. The van der Waals surface area contributed by atoms with Crippen molar-refractivity contribution in [2.75, 3.05) is 25.0 Å². The smallest absolute Gasteiger partial charge is 0.138 e. The van der Waals surface area contributed by atoms with Crippen LogP contribution < -0.4 is 10.2 Å². The second-order valence-corrected chi connectivity index (χ2v) is 4.99. The van der Waals surface area contributed by atoms with Gasteiger partial charge in [-0.1, -0.05) is 6.07 Å². The standard InChI is InChI=1S/C14H20N4/c1-17(12-4-3-8-15-9-7-12)14-6-2-5-13-16-10-11-18(13)14/h2,5-6,10-12,15H,3-4,7-9H2,1H3. The molecule has 0 bridgehead atoms. The second-order valence-electron chi connectivity index (χ2n) is 4.99. The molecule has 0 radical (unpaired) electrons. The topological polar surface area (TPSA) is 32.6 Å². The summed E-state index contributed by atoms with van der Waals surface area (Å²) in [6, 6.07) is 6.93. The molecule has 1 aliphatic heterocycles. The van der Waals surface area contributed by atoms with Crippen LogP contribution in [-0.2, 0) is 0 Å². The second kappa shape index (κ2) is 4.98. The molecule has 3 rings (SSSR count). The molecule has 0 aliphatic carbocycles. The summed E-state index contributed by atoms with van der Waals surface area (Å²) in [5.41, 5.74) is 1.02. The van der Waals surface area contributed by atoms with Crippen LogP contribution in [0.3, 0.4) is 0 Å². The molecular weight excluding hydrogens is 224 g/mol. The number of pyridine rings is 1. The van der Waals surface area contributed by atoms with Gasteiger partial charge in [-0.3, -0.25) is 4.40 Å². The van der Waals surface area contributed by atoms with E-state index in [-0.39, 0.29) is 0 Å². The van der Waals surface area contributed by atoms with E-state index in [9.17, 15) is 0 Å². The summed E-state index contributed by atoms with van der Waals surface area (Å²) < 4.78 is 2.16. The summed E-state index contributed by atoms with van der Waals surface area (Å²) in [7, 11) is 2.20. The molecule has 1 unspecified atom stereocenters. The van der Waals surface area contributed by atoms with E-state index in [1.165, 1.54) is 25.1 Å².